The summed E-state index contributed by atoms with van der Waals surface area (Å²) < 4.78 is 6.17. The fraction of sp³-hybridized carbons (Fsp3) is 0.133. The normalized spacial score (nSPS) is 9.74. The van der Waals surface area contributed by atoms with Gasteiger partial charge in [0, 0.05) is 18.3 Å². The molecule has 0 fully saturated rings. The maximum Gasteiger partial charge on any atom is 0.135 e. The molecule has 0 saturated carbocycles. The molecular weight excluding hydrogens is 304 g/mol. The van der Waals surface area contributed by atoms with Gasteiger partial charge in [-0.3, -0.25) is 0 Å². The number of hydrogen-bond acceptors (Lipinski definition) is 3. The lowest BCUT2D eigenvalue weighted by Gasteiger charge is -2.09. The van der Waals surface area contributed by atoms with Gasteiger partial charge in [0.05, 0.1) is 23.2 Å². The lowest BCUT2D eigenvalue weighted by atomic mass is 10.1. The van der Waals surface area contributed by atoms with Gasteiger partial charge in [-0.1, -0.05) is 12.1 Å². The second-order valence-electron chi connectivity index (χ2n) is 4.02. The van der Waals surface area contributed by atoms with E-state index in [0.29, 0.717) is 12.1 Å². The second-order valence-corrected chi connectivity index (χ2v) is 4.87. The lowest BCUT2D eigenvalue weighted by molar-refractivity contribution is 0.412. The van der Waals surface area contributed by atoms with Gasteiger partial charge in [0.15, 0.2) is 0 Å². The van der Waals surface area contributed by atoms with E-state index in [2.05, 4.69) is 27.3 Å². The topological polar surface area (TPSA) is 45.0 Å². The first kappa shape index (κ1) is 13.4. The predicted octanol–water partition coefficient (Wildman–Crippen LogP) is 3.94. The molecule has 0 unspecified atom stereocenters. The van der Waals surface area contributed by atoms with Crippen LogP contribution in [0.5, 0.6) is 5.75 Å². The summed E-state index contributed by atoms with van der Waals surface area (Å²) in [5.41, 5.74) is 2.72. The predicted molar refractivity (Wildman–Crippen MR) is 79.2 cm³/mol. The Bertz CT molecular complexity index is 620. The molecule has 2 aromatic carbocycles. The van der Waals surface area contributed by atoms with E-state index < -0.39 is 0 Å². The first-order valence-electron chi connectivity index (χ1n) is 5.79. The average molecular weight is 317 g/mol. The van der Waals surface area contributed by atoms with Crippen molar-refractivity contribution >= 4 is 21.6 Å². The highest BCUT2D eigenvalue weighted by molar-refractivity contribution is 9.10. The fourth-order valence-corrected chi connectivity index (χ4v) is 2.13. The fourth-order valence-electron chi connectivity index (χ4n) is 1.72. The first-order valence-corrected chi connectivity index (χ1v) is 6.58. The number of rotatable bonds is 4. The number of halogens is 1. The number of ether oxygens (including phenoxy) is 1. The zero-order valence-corrected chi connectivity index (χ0v) is 12.1. The van der Waals surface area contributed by atoms with Crippen LogP contribution in [0.25, 0.3) is 0 Å². The van der Waals surface area contributed by atoms with Crippen molar-refractivity contribution in [2.75, 3.05) is 12.4 Å². The smallest absolute Gasteiger partial charge is 0.135 e. The minimum absolute atomic E-state index is 0.667. The average Bonchev–Trinajstić information content (AvgIpc) is 2.46. The van der Waals surface area contributed by atoms with Crippen LogP contribution in [0.3, 0.4) is 0 Å². The summed E-state index contributed by atoms with van der Waals surface area (Å²) in [5, 5.41) is 12.2. The van der Waals surface area contributed by atoms with Gasteiger partial charge in [0.1, 0.15) is 5.75 Å². The van der Waals surface area contributed by atoms with E-state index in [-0.39, 0.29) is 0 Å². The molecule has 1 N–H and O–H groups in total. The maximum absolute atomic E-state index is 8.85. The minimum atomic E-state index is 0.667. The molecule has 2 rings (SSSR count). The van der Waals surface area contributed by atoms with E-state index in [4.69, 9.17) is 10.00 Å². The number of methoxy groups -OCH3 is 1. The summed E-state index contributed by atoms with van der Waals surface area (Å²) in [7, 11) is 1.64. The number of benzene rings is 2. The molecule has 0 heterocycles. The van der Waals surface area contributed by atoms with E-state index >= 15 is 0 Å². The second kappa shape index (κ2) is 6.26. The lowest BCUT2D eigenvalue weighted by Crippen LogP contribution is -2.00. The first-order chi connectivity index (χ1) is 9.22. The van der Waals surface area contributed by atoms with Crippen LogP contribution in [-0.2, 0) is 6.54 Å². The molecule has 19 heavy (non-hydrogen) atoms. The summed E-state index contributed by atoms with van der Waals surface area (Å²) in [6.45, 7) is 0.667. The molecule has 3 nitrogen and oxygen atoms in total. The van der Waals surface area contributed by atoms with E-state index in [1.54, 1.807) is 13.2 Å². The molecule has 0 radical (unpaired) electrons. The molecule has 2 aromatic rings. The third-order valence-corrected chi connectivity index (χ3v) is 3.36. The van der Waals surface area contributed by atoms with Gasteiger partial charge >= 0.3 is 0 Å². The van der Waals surface area contributed by atoms with Crippen molar-refractivity contribution in [1.29, 1.82) is 5.26 Å². The number of nitriles is 1. The molecule has 0 atom stereocenters. The molecule has 0 aliphatic heterocycles. The Labute approximate surface area is 121 Å². The van der Waals surface area contributed by atoms with E-state index in [0.717, 1.165) is 21.5 Å². The summed E-state index contributed by atoms with van der Waals surface area (Å²) in [6.07, 6.45) is 0. The van der Waals surface area contributed by atoms with Crippen molar-refractivity contribution in [3.05, 3.63) is 58.1 Å². The van der Waals surface area contributed by atoms with Crippen molar-refractivity contribution < 1.29 is 4.74 Å². The Morgan fingerprint density at radius 2 is 2.11 bits per heavy atom. The Morgan fingerprint density at radius 3 is 2.84 bits per heavy atom. The van der Waals surface area contributed by atoms with Gasteiger partial charge < -0.3 is 10.1 Å². The van der Waals surface area contributed by atoms with Gasteiger partial charge in [-0.15, -0.1) is 0 Å². The van der Waals surface area contributed by atoms with Crippen LogP contribution in [0.1, 0.15) is 11.1 Å². The number of anilines is 1. The van der Waals surface area contributed by atoms with Crippen LogP contribution in [0, 0.1) is 11.3 Å². The van der Waals surface area contributed by atoms with Crippen LogP contribution in [-0.4, -0.2) is 7.11 Å². The van der Waals surface area contributed by atoms with Crippen LogP contribution in [0.4, 0.5) is 5.69 Å². The molecule has 0 saturated heterocycles. The van der Waals surface area contributed by atoms with Crippen molar-refractivity contribution in [2.24, 2.45) is 0 Å². The van der Waals surface area contributed by atoms with Gasteiger partial charge in [-0.05, 0) is 45.8 Å². The Kier molecular flexibility index (Phi) is 4.43. The summed E-state index contributed by atoms with van der Waals surface area (Å²) in [5.74, 6) is 0.788. The monoisotopic (exact) mass is 316 g/mol. The SMILES string of the molecule is COc1cc(NCc2cccc(C#N)c2)ccc1Br. The summed E-state index contributed by atoms with van der Waals surface area (Å²) >= 11 is 3.42. The molecule has 0 aromatic heterocycles. The van der Waals surface area contributed by atoms with E-state index in [9.17, 15) is 0 Å². The molecule has 96 valence electrons. The van der Waals surface area contributed by atoms with E-state index in [1.807, 2.05) is 36.4 Å². The van der Waals surface area contributed by atoms with Crippen LogP contribution in [0.2, 0.25) is 0 Å². The van der Waals surface area contributed by atoms with Crippen molar-refractivity contribution in [3.63, 3.8) is 0 Å². The van der Waals surface area contributed by atoms with Crippen LogP contribution >= 0.6 is 15.9 Å². The summed E-state index contributed by atoms with van der Waals surface area (Å²) in [6, 6.07) is 15.5. The molecule has 0 amide bonds. The van der Waals surface area contributed by atoms with Crippen LogP contribution < -0.4 is 10.1 Å². The van der Waals surface area contributed by atoms with Crippen molar-refractivity contribution in [3.8, 4) is 11.8 Å². The zero-order valence-electron chi connectivity index (χ0n) is 10.5. The molecule has 4 heteroatoms. The quantitative estimate of drug-likeness (QED) is 0.929. The molecule has 0 aliphatic rings. The number of nitrogens with zero attached hydrogens (tertiary/aromatic N) is 1. The highest BCUT2D eigenvalue weighted by atomic mass is 79.9. The molecular formula is C15H13BrN2O. The third-order valence-electron chi connectivity index (χ3n) is 2.70. The molecule has 0 spiro atoms. The largest absolute Gasteiger partial charge is 0.495 e. The van der Waals surface area contributed by atoms with Crippen molar-refractivity contribution in [1.82, 2.24) is 0 Å². The number of hydrogen-bond donors (Lipinski definition) is 1. The highest BCUT2D eigenvalue weighted by Crippen LogP contribution is 2.28. The maximum atomic E-state index is 8.85. The van der Waals surface area contributed by atoms with Gasteiger partial charge in [0.25, 0.3) is 0 Å². The Morgan fingerprint density at radius 1 is 1.26 bits per heavy atom. The van der Waals surface area contributed by atoms with Gasteiger partial charge in [0.2, 0.25) is 0 Å². The molecule has 0 aliphatic carbocycles. The molecule has 0 bridgehead atoms. The number of nitrogens with one attached hydrogen (secondary N) is 1. The standard InChI is InChI=1S/C15H13BrN2O/c1-19-15-8-13(5-6-14(15)16)18-10-12-4-2-3-11(7-12)9-17/h2-8,18H,10H2,1H3. The van der Waals surface area contributed by atoms with Gasteiger partial charge in [-0.25, -0.2) is 0 Å². The zero-order chi connectivity index (χ0) is 13.7. The minimum Gasteiger partial charge on any atom is -0.495 e. The Hall–Kier alpha value is -1.99. The van der Waals surface area contributed by atoms with Crippen LogP contribution in [0.15, 0.2) is 46.9 Å². The van der Waals surface area contributed by atoms with E-state index in [1.165, 1.54) is 0 Å². The summed E-state index contributed by atoms with van der Waals surface area (Å²) in [4.78, 5) is 0. The third kappa shape index (κ3) is 3.49. The highest BCUT2D eigenvalue weighted by Gasteiger charge is 2.01. The van der Waals surface area contributed by atoms with Crippen molar-refractivity contribution in [2.45, 2.75) is 6.54 Å². The van der Waals surface area contributed by atoms with Gasteiger partial charge in [-0.2, -0.15) is 5.26 Å². The Balaban J connectivity index is 2.08.